The number of hydrogen-bond acceptors (Lipinski definition) is 6. The topological polar surface area (TPSA) is 123 Å². The van der Waals surface area contributed by atoms with Gasteiger partial charge in [0, 0.05) is 12.2 Å². The lowest BCUT2D eigenvalue weighted by Gasteiger charge is -2.19. The number of carbonyl (C=O) groups is 2. The van der Waals surface area contributed by atoms with Crippen LogP contribution in [0.1, 0.15) is 61.1 Å². The van der Waals surface area contributed by atoms with Crippen LogP contribution in [0.25, 0.3) is 11.0 Å². The third-order valence-electron chi connectivity index (χ3n) is 5.20. The normalized spacial score (nSPS) is 14.3. The van der Waals surface area contributed by atoms with E-state index in [0.717, 1.165) is 18.4 Å². The molecule has 1 aliphatic carbocycles. The average Bonchev–Trinajstić information content (AvgIpc) is 3.58. The molecule has 0 spiro atoms. The number of benzene rings is 1. The molecule has 0 radical (unpaired) electrons. The van der Waals surface area contributed by atoms with E-state index in [1.165, 1.54) is 16.8 Å². The van der Waals surface area contributed by atoms with Crippen molar-refractivity contribution in [1.82, 2.24) is 19.9 Å². The van der Waals surface area contributed by atoms with Crippen molar-refractivity contribution < 1.29 is 14.3 Å². The number of ether oxygens (including phenoxy) is 1. The van der Waals surface area contributed by atoms with Gasteiger partial charge >= 0.3 is 11.7 Å². The minimum Gasteiger partial charge on any atom is -0.463 e. The highest BCUT2D eigenvalue weighted by Gasteiger charge is 2.28. The predicted octanol–water partition coefficient (Wildman–Crippen LogP) is 2.23. The molecule has 166 valence electrons. The maximum Gasteiger partial charge on any atom is 0.330 e. The van der Waals surface area contributed by atoms with Crippen molar-refractivity contribution >= 4 is 22.9 Å². The monoisotopic (exact) mass is 436 g/mol. The number of amides is 1. The summed E-state index contributed by atoms with van der Waals surface area (Å²) in [5, 5.41) is 3.00. The standard InChI is InChI=1S/C23H24N4O5/c1-13(2)32-19(28)11-18(14-6-4-3-5-7-14)25-21(29)15-10-17-20(24-12-15)27(16-8-9-16)23(31)26-22(17)30/h3-7,10,12-13,16,18H,8-9,11H2,1-2H3,(H,25,29)(H,26,30,31). The van der Waals surface area contributed by atoms with Crippen LogP contribution in [0.3, 0.4) is 0 Å². The first-order valence-electron chi connectivity index (χ1n) is 10.5. The van der Waals surface area contributed by atoms with Crippen LogP contribution in [0.5, 0.6) is 0 Å². The summed E-state index contributed by atoms with van der Waals surface area (Å²) in [6.45, 7) is 3.51. The molecule has 1 amide bonds. The zero-order chi connectivity index (χ0) is 22.8. The Kier molecular flexibility index (Phi) is 5.89. The number of fused-ring (bicyclic) bond motifs is 1. The van der Waals surface area contributed by atoms with E-state index in [4.69, 9.17) is 4.74 Å². The minimum absolute atomic E-state index is 0.0171. The van der Waals surface area contributed by atoms with Crippen LogP contribution in [0.4, 0.5) is 0 Å². The SMILES string of the molecule is CC(C)OC(=O)CC(NC(=O)c1cnc2c(c1)c(=O)[nH]c(=O)n2C1CC1)c1ccccc1. The zero-order valence-corrected chi connectivity index (χ0v) is 17.8. The molecule has 1 atom stereocenters. The van der Waals surface area contributed by atoms with Gasteiger partial charge in [0.15, 0.2) is 0 Å². The lowest BCUT2D eigenvalue weighted by Crippen LogP contribution is -2.32. The molecule has 2 aromatic heterocycles. The molecule has 9 nitrogen and oxygen atoms in total. The van der Waals surface area contributed by atoms with Crippen LogP contribution < -0.4 is 16.6 Å². The molecule has 4 rings (SSSR count). The number of carbonyl (C=O) groups excluding carboxylic acids is 2. The predicted molar refractivity (Wildman–Crippen MR) is 117 cm³/mol. The minimum atomic E-state index is -0.621. The van der Waals surface area contributed by atoms with Gasteiger partial charge in [0.2, 0.25) is 0 Å². The number of nitrogens with one attached hydrogen (secondary N) is 2. The van der Waals surface area contributed by atoms with E-state index in [2.05, 4.69) is 15.3 Å². The Morgan fingerprint density at radius 2 is 1.94 bits per heavy atom. The van der Waals surface area contributed by atoms with Crippen LogP contribution in [-0.4, -0.2) is 32.5 Å². The number of pyridine rings is 1. The molecule has 1 saturated carbocycles. The van der Waals surface area contributed by atoms with Gasteiger partial charge in [-0.15, -0.1) is 0 Å². The van der Waals surface area contributed by atoms with Gasteiger partial charge in [0.05, 0.1) is 29.5 Å². The largest absolute Gasteiger partial charge is 0.463 e. The Bertz CT molecular complexity index is 1280. The molecule has 1 aliphatic rings. The van der Waals surface area contributed by atoms with Crippen LogP contribution in [-0.2, 0) is 9.53 Å². The van der Waals surface area contributed by atoms with E-state index in [1.807, 2.05) is 30.3 Å². The molecule has 9 heteroatoms. The molecule has 0 saturated heterocycles. The molecule has 0 bridgehead atoms. The van der Waals surface area contributed by atoms with E-state index in [0.29, 0.717) is 0 Å². The summed E-state index contributed by atoms with van der Waals surface area (Å²) in [6.07, 6.45) is 2.71. The van der Waals surface area contributed by atoms with Crippen molar-refractivity contribution in [3.05, 3.63) is 74.6 Å². The molecule has 3 aromatic rings. The maximum atomic E-state index is 13.0. The fourth-order valence-electron chi connectivity index (χ4n) is 3.59. The first-order valence-corrected chi connectivity index (χ1v) is 10.5. The molecule has 2 heterocycles. The molecule has 1 unspecified atom stereocenters. The fourth-order valence-corrected chi connectivity index (χ4v) is 3.59. The van der Waals surface area contributed by atoms with Crippen molar-refractivity contribution in [2.45, 2.75) is 51.3 Å². The Balaban J connectivity index is 1.63. The Morgan fingerprint density at radius 3 is 2.59 bits per heavy atom. The molecule has 1 aromatic carbocycles. The Labute approximate surface area is 183 Å². The molecular weight excluding hydrogens is 412 g/mol. The van der Waals surface area contributed by atoms with E-state index in [1.54, 1.807) is 13.8 Å². The van der Waals surface area contributed by atoms with Crippen LogP contribution in [0.15, 0.2) is 52.2 Å². The first-order chi connectivity index (χ1) is 15.3. The average molecular weight is 436 g/mol. The first kappa shape index (κ1) is 21.5. The lowest BCUT2D eigenvalue weighted by molar-refractivity contribution is -0.147. The molecule has 1 fully saturated rings. The number of H-pyrrole nitrogens is 1. The van der Waals surface area contributed by atoms with Crippen LogP contribution >= 0.6 is 0 Å². The Morgan fingerprint density at radius 1 is 1.22 bits per heavy atom. The zero-order valence-electron chi connectivity index (χ0n) is 17.8. The lowest BCUT2D eigenvalue weighted by atomic mass is 10.0. The second-order valence-electron chi connectivity index (χ2n) is 8.14. The summed E-state index contributed by atoms with van der Waals surface area (Å²) in [7, 11) is 0. The second-order valence-corrected chi connectivity index (χ2v) is 8.14. The third-order valence-corrected chi connectivity index (χ3v) is 5.20. The van der Waals surface area contributed by atoms with E-state index < -0.39 is 29.2 Å². The van der Waals surface area contributed by atoms with Crippen molar-refractivity contribution in [2.24, 2.45) is 0 Å². The highest BCUT2D eigenvalue weighted by molar-refractivity contribution is 5.97. The van der Waals surface area contributed by atoms with Crippen LogP contribution in [0, 0.1) is 0 Å². The number of nitrogens with zero attached hydrogens (tertiary/aromatic N) is 2. The molecule has 0 aliphatic heterocycles. The van der Waals surface area contributed by atoms with Crippen molar-refractivity contribution in [3.8, 4) is 0 Å². The smallest absolute Gasteiger partial charge is 0.330 e. The van der Waals surface area contributed by atoms with E-state index in [-0.39, 0.29) is 35.2 Å². The summed E-state index contributed by atoms with van der Waals surface area (Å²) in [4.78, 5) is 56.3. The number of rotatable bonds is 7. The number of esters is 1. The fraction of sp³-hybridized carbons (Fsp3) is 0.348. The van der Waals surface area contributed by atoms with Gasteiger partial charge in [-0.2, -0.15) is 0 Å². The summed E-state index contributed by atoms with van der Waals surface area (Å²) in [5.41, 5.74) is 0.0717. The molecular formula is C23H24N4O5. The maximum absolute atomic E-state index is 13.0. The summed E-state index contributed by atoms with van der Waals surface area (Å²) in [6, 6.07) is 9.91. The van der Waals surface area contributed by atoms with Gasteiger partial charge in [-0.3, -0.25) is 23.9 Å². The highest BCUT2D eigenvalue weighted by Crippen LogP contribution is 2.34. The van der Waals surface area contributed by atoms with E-state index >= 15 is 0 Å². The number of hydrogen-bond donors (Lipinski definition) is 2. The van der Waals surface area contributed by atoms with Gasteiger partial charge in [-0.05, 0) is 38.3 Å². The van der Waals surface area contributed by atoms with Gasteiger partial charge in [0.25, 0.3) is 11.5 Å². The summed E-state index contributed by atoms with van der Waals surface area (Å²) < 4.78 is 6.70. The third kappa shape index (κ3) is 4.61. The van der Waals surface area contributed by atoms with Gasteiger partial charge in [-0.1, -0.05) is 30.3 Å². The quantitative estimate of drug-likeness (QED) is 0.548. The van der Waals surface area contributed by atoms with Crippen molar-refractivity contribution in [2.75, 3.05) is 0 Å². The number of aromatic amines is 1. The summed E-state index contributed by atoms with van der Waals surface area (Å²) >= 11 is 0. The second kappa shape index (κ2) is 8.78. The van der Waals surface area contributed by atoms with Gasteiger partial charge < -0.3 is 10.1 Å². The van der Waals surface area contributed by atoms with E-state index in [9.17, 15) is 19.2 Å². The Hall–Kier alpha value is -3.75. The van der Waals surface area contributed by atoms with Gasteiger partial charge in [0.1, 0.15) is 5.65 Å². The number of aromatic nitrogens is 3. The van der Waals surface area contributed by atoms with Crippen LogP contribution in [0.2, 0.25) is 0 Å². The summed E-state index contributed by atoms with van der Waals surface area (Å²) in [5.74, 6) is -0.926. The van der Waals surface area contributed by atoms with Crippen molar-refractivity contribution in [3.63, 3.8) is 0 Å². The molecule has 2 N–H and O–H groups in total. The van der Waals surface area contributed by atoms with Gasteiger partial charge in [-0.25, -0.2) is 9.78 Å². The highest BCUT2D eigenvalue weighted by atomic mass is 16.5. The molecule has 32 heavy (non-hydrogen) atoms. The van der Waals surface area contributed by atoms with Crippen molar-refractivity contribution in [1.29, 1.82) is 0 Å².